The summed E-state index contributed by atoms with van der Waals surface area (Å²) in [6.45, 7) is 1.85. The van der Waals surface area contributed by atoms with E-state index in [1.54, 1.807) is 0 Å². The van der Waals surface area contributed by atoms with E-state index in [2.05, 4.69) is 20.3 Å². The zero-order valence-electron chi connectivity index (χ0n) is 10.8. The highest BCUT2D eigenvalue weighted by atomic mass is 35.5. The van der Waals surface area contributed by atoms with Crippen molar-refractivity contribution in [3.05, 3.63) is 45.8 Å². The van der Waals surface area contributed by atoms with Crippen LogP contribution in [0.15, 0.2) is 17.8 Å². The zero-order valence-corrected chi connectivity index (χ0v) is 12.4. The third kappa shape index (κ3) is 2.66. The first-order valence-corrected chi connectivity index (χ1v) is 7.25. The second-order valence-electron chi connectivity index (χ2n) is 4.37. The summed E-state index contributed by atoms with van der Waals surface area (Å²) in [4.78, 5) is 11.7. The minimum atomic E-state index is -0.707. The van der Waals surface area contributed by atoms with Crippen molar-refractivity contribution in [2.24, 2.45) is 0 Å². The molecule has 0 atom stereocenters. The van der Waals surface area contributed by atoms with Crippen LogP contribution in [0.3, 0.4) is 0 Å². The smallest absolute Gasteiger partial charge is 0.224 e. The van der Waals surface area contributed by atoms with E-state index < -0.39 is 11.6 Å². The molecule has 108 valence electrons. The summed E-state index contributed by atoms with van der Waals surface area (Å²) in [5, 5.41) is 4.92. The van der Waals surface area contributed by atoms with Crippen molar-refractivity contribution in [3.8, 4) is 0 Å². The summed E-state index contributed by atoms with van der Waals surface area (Å²) < 4.78 is 27.9. The van der Waals surface area contributed by atoms with Crippen LogP contribution in [0.2, 0.25) is 5.28 Å². The lowest BCUT2D eigenvalue weighted by Gasteiger charge is -2.08. The molecule has 0 unspecified atom stereocenters. The van der Waals surface area contributed by atoms with Crippen molar-refractivity contribution in [2.75, 3.05) is 5.32 Å². The molecule has 0 radical (unpaired) electrons. The Kier molecular flexibility index (Phi) is 3.69. The van der Waals surface area contributed by atoms with Crippen LogP contribution in [0.1, 0.15) is 11.1 Å². The van der Waals surface area contributed by atoms with E-state index in [0.29, 0.717) is 5.82 Å². The van der Waals surface area contributed by atoms with Gasteiger partial charge in [-0.3, -0.25) is 4.98 Å². The van der Waals surface area contributed by atoms with E-state index >= 15 is 0 Å². The van der Waals surface area contributed by atoms with E-state index in [0.717, 1.165) is 28.2 Å². The molecule has 0 saturated heterocycles. The standard InChI is InChI=1S/C13H9ClF2N4S/c1-6-5-21-11-10(6)19-13(14)20-12(11)18-2-7-8(15)3-17-4-9(7)16/h3-5H,2H2,1H3,(H,18,19,20). The fourth-order valence-corrected chi connectivity index (χ4v) is 3.03. The Morgan fingerprint density at radius 3 is 2.67 bits per heavy atom. The molecule has 3 aromatic heterocycles. The molecular weight excluding hydrogens is 318 g/mol. The van der Waals surface area contributed by atoms with Crippen molar-refractivity contribution in [1.82, 2.24) is 15.0 Å². The van der Waals surface area contributed by atoms with Crippen molar-refractivity contribution >= 4 is 39.0 Å². The van der Waals surface area contributed by atoms with Gasteiger partial charge in [0.15, 0.2) is 0 Å². The molecule has 4 nitrogen and oxygen atoms in total. The number of aryl methyl sites for hydroxylation is 1. The molecule has 0 aliphatic heterocycles. The van der Waals surface area contributed by atoms with Crippen molar-refractivity contribution in [3.63, 3.8) is 0 Å². The predicted octanol–water partition coefficient (Wildman–Crippen LogP) is 3.94. The lowest BCUT2D eigenvalue weighted by molar-refractivity contribution is 0.550. The SMILES string of the molecule is Cc1csc2c(NCc3c(F)cncc3F)nc(Cl)nc12. The molecule has 0 spiro atoms. The van der Waals surface area contributed by atoms with Crippen molar-refractivity contribution in [1.29, 1.82) is 0 Å². The summed E-state index contributed by atoms with van der Waals surface area (Å²) in [6.07, 6.45) is 1.94. The third-order valence-electron chi connectivity index (χ3n) is 2.95. The van der Waals surface area contributed by atoms with Crippen LogP contribution >= 0.6 is 22.9 Å². The van der Waals surface area contributed by atoms with E-state index in [4.69, 9.17) is 11.6 Å². The lowest BCUT2D eigenvalue weighted by Crippen LogP contribution is -2.07. The highest BCUT2D eigenvalue weighted by Crippen LogP contribution is 2.30. The summed E-state index contributed by atoms with van der Waals surface area (Å²) >= 11 is 7.33. The van der Waals surface area contributed by atoms with Gasteiger partial charge in [0, 0.05) is 12.1 Å². The van der Waals surface area contributed by atoms with Crippen molar-refractivity contribution in [2.45, 2.75) is 13.5 Å². The van der Waals surface area contributed by atoms with Gasteiger partial charge in [-0.1, -0.05) is 0 Å². The van der Waals surface area contributed by atoms with Gasteiger partial charge in [-0.25, -0.2) is 13.8 Å². The number of thiophene rings is 1. The highest BCUT2D eigenvalue weighted by Gasteiger charge is 2.13. The first-order chi connectivity index (χ1) is 10.1. The van der Waals surface area contributed by atoms with Crippen LogP contribution in [0, 0.1) is 18.6 Å². The second kappa shape index (κ2) is 5.50. The molecule has 0 saturated carbocycles. The maximum Gasteiger partial charge on any atom is 0.224 e. The first-order valence-electron chi connectivity index (χ1n) is 5.99. The largest absolute Gasteiger partial charge is 0.364 e. The maximum absolute atomic E-state index is 13.6. The van der Waals surface area contributed by atoms with Gasteiger partial charge in [0.2, 0.25) is 5.28 Å². The molecule has 0 fully saturated rings. The van der Waals surface area contributed by atoms with Gasteiger partial charge in [0.05, 0.1) is 22.6 Å². The highest BCUT2D eigenvalue weighted by molar-refractivity contribution is 7.18. The maximum atomic E-state index is 13.6. The minimum Gasteiger partial charge on any atom is -0.364 e. The topological polar surface area (TPSA) is 50.7 Å². The Morgan fingerprint density at radius 1 is 1.24 bits per heavy atom. The normalized spacial score (nSPS) is 11.0. The Balaban J connectivity index is 1.95. The number of hydrogen-bond donors (Lipinski definition) is 1. The summed E-state index contributed by atoms with van der Waals surface area (Å²) in [5.41, 5.74) is 1.61. The molecule has 0 bridgehead atoms. The van der Waals surface area contributed by atoms with Crippen LogP contribution in [-0.2, 0) is 6.54 Å². The monoisotopic (exact) mass is 326 g/mol. The van der Waals surface area contributed by atoms with Gasteiger partial charge in [-0.05, 0) is 29.5 Å². The van der Waals surface area contributed by atoms with E-state index in [1.807, 2.05) is 12.3 Å². The van der Waals surface area contributed by atoms with Crippen LogP contribution in [0.5, 0.6) is 0 Å². The van der Waals surface area contributed by atoms with Crippen LogP contribution in [0.25, 0.3) is 10.2 Å². The van der Waals surface area contributed by atoms with E-state index in [-0.39, 0.29) is 17.4 Å². The molecule has 8 heteroatoms. The molecule has 1 N–H and O–H groups in total. The minimum absolute atomic E-state index is 0.0560. The van der Waals surface area contributed by atoms with E-state index in [9.17, 15) is 8.78 Å². The van der Waals surface area contributed by atoms with Crippen LogP contribution < -0.4 is 5.32 Å². The molecule has 3 aromatic rings. The molecule has 21 heavy (non-hydrogen) atoms. The van der Waals surface area contributed by atoms with Gasteiger partial charge in [0.1, 0.15) is 17.5 Å². The Hall–Kier alpha value is -1.86. The molecule has 0 amide bonds. The Bertz CT molecular complexity index is 801. The zero-order chi connectivity index (χ0) is 15.0. The number of aromatic nitrogens is 3. The number of rotatable bonds is 3. The summed E-state index contributed by atoms with van der Waals surface area (Å²) in [6, 6.07) is 0. The average molecular weight is 327 g/mol. The molecule has 3 rings (SSSR count). The number of nitrogens with one attached hydrogen (secondary N) is 1. The summed E-state index contributed by atoms with van der Waals surface area (Å²) in [5.74, 6) is -0.957. The molecule has 0 aliphatic rings. The predicted molar refractivity (Wildman–Crippen MR) is 78.6 cm³/mol. The van der Waals surface area contributed by atoms with E-state index in [1.165, 1.54) is 11.3 Å². The molecule has 3 heterocycles. The fourth-order valence-electron chi connectivity index (χ4n) is 1.90. The number of halogens is 3. The van der Waals surface area contributed by atoms with Gasteiger partial charge in [-0.15, -0.1) is 11.3 Å². The number of fused-ring (bicyclic) bond motifs is 1. The Labute approximate surface area is 127 Å². The molecule has 0 aliphatic carbocycles. The van der Waals surface area contributed by atoms with Crippen molar-refractivity contribution < 1.29 is 8.78 Å². The number of nitrogens with zero attached hydrogens (tertiary/aromatic N) is 3. The van der Waals surface area contributed by atoms with Crippen LogP contribution in [-0.4, -0.2) is 15.0 Å². The summed E-state index contributed by atoms with van der Waals surface area (Å²) in [7, 11) is 0. The quantitative estimate of drug-likeness (QED) is 0.741. The second-order valence-corrected chi connectivity index (χ2v) is 5.59. The fraction of sp³-hybridized carbons (Fsp3) is 0.154. The number of pyridine rings is 1. The van der Waals surface area contributed by atoms with Gasteiger partial charge < -0.3 is 5.32 Å². The third-order valence-corrected chi connectivity index (χ3v) is 4.21. The van der Waals surface area contributed by atoms with Gasteiger partial charge >= 0.3 is 0 Å². The average Bonchev–Trinajstić information content (AvgIpc) is 2.80. The van der Waals surface area contributed by atoms with Crippen LogP contribution in [0.4, 0.5) is 14.6 Å². The number of hydrogen-bond acceptors (Lipinski definition) is 5. The van der Waals surface area contributed by atoms with Gasteiger partial charge in [-0.2, -0.15) is 4.98 Å². The molecular formula is C13H9ClF2N4S. The molecule has 0 aromatic carbocycles. The first kappa shape index (κ1) is 14.1. The Morgan fingerprint density at radius 2 is 1.95 bits per heavy atom. The number of anilines is 1. The van der Waals surface area contributed by atoms with Gasteiger partial charge in [0.25, 0.3) is 0 Å². The lowest BCUT2D eigenvalue weighted by atomic mass is 10.2.